The molecular formula is C75H121NO18. The predicted molar refractivity (Wildman–Crippen MR) is 369 cm³/mol. The number of carbonyl (C=O) groups excluding carboxylic acids is 1. The molecule has 0 bridgehead atoms. The van der Waals surface area contributed by atoms with Gasteiger partial charge in [0.1, 0.15) is 73.2 Å². The second-order valence-electron chi connectivity index (χ2n) is 24.2. The normalized spacial score (nSPS) is 28.3. The molecule has 3 heterocycles. The van der Waals surface area contributed by atoms with E-state index >= 15 is 0 Å². The van der Waals surface area contributed by atoms with E-state index < -0.39 is 131 Å². The third-order valence-corrected chi connectivity index (χ3v) is 16.3. The largest absolute Gasteiger partial charge is 0.394 e. The zero-order chi connectivity index (χ0) is 68.2. The van der Waals surface area contributed by atoms with Crippen LogP contribution in [-0.2, 0) is 33.2 Å². The van der Waals surface area contributed by atoms with Crippen LogP contribution < -0.4 is 5.32 Å². The minimum absolute atomic E-state index is 0.199. The van der Waals surface area contributed by atoms with Gasteiger partial charge < -0.3 is 89.9 Å². The number of allylic oxidation sites excluding steroid dienone is 23. The fourth-order valence-corrected chi connectivity index (χ4v) is 10.7. The van der Waals surface area contributed by atoms with E-state index in [1.807, 2.05) is 6.08 Å². The molecule has 0 aliphatic carbocycles. The maximum absolute atomic E-state index is 13.4. The van der Waals surface area contributed by atoms with E-state index in [0.717, 1.165) is 116 Å². The Kier molecular flexibility index (Phi) is 48.8. The van der Waals surface area contributed by atoms with Crippen LogP contribution in [0.2, 0.25) is 0 Å². The van der Waals surface area contributed by atoms with Crippen molar-refractivity contribution in [1.82, 2.24) is 5.32 Å². The summed E-state index contributed by atoms with van der Waals surface area (Å²) in [5.41, 5.74) is 0. The highest BCUT2D eigenvalue weighted by molar-refractivity contribution is 5.76. The number of rotatable bonds is 51. The van der Waals surface area contributed by atoms with E-state index in [1.165, 1.54) is 38.5 Å². The van der Waals surface area contributed by atoms with Gasteiger partial charge in [-0.15, -0.1) is 0 Å². The van der Waals surface area contributed by atoms with Gasteiger partial charge in [-0.25, -0.2) is 0 Å². The lowest BCUT2D eigenvalue weighted by Crippen LogP contribution is -2.66. The van der Waals surface area contributed by atoms with Crippen LogP contribution >= 0.6 is 0 Å². The Labute approximate surface area is 562 Å². The average molecular weight is 1320 g/mol. The van der Waals surface area contributed by atoms with Crippen molar-refractivity contribution >= 4 is 5.91 Å². The first kappa shape index (κ1) is 83.9. The van der Waals surface area contributed by atoms with E-state index in [1.54, 1.807) is 6.08 Å². The summed E-state index contributed by atoms with van der Waals surface area (Å²) >= 11 is 0. The smallest absolute Gasteiger partial charge is 0.220 e. The molecule has 3 rings (SSSR count). The number of hydrogen-bond acceptors (Lipinski definition) is 18. The van der Waals surface area contributed by atoms with Gasteiger partial charge in [-0.05, 0) is 116 Å². The first-order chi connectivity index (χ1) is 45.8. The highest BCUT2D eigenvalue weighted by Gasteiger charge is 2.53. The van der Waals surface area contributed by atoms with E-state index in [9.17, 15) is 61.0 Å². The van der Waals surface area contributed by atoms with Crippen molar-refractivity contribution in [1.29, 1.82) is 0 Å². The van der Waals surface area contributed by atoms with Crippen LogP contribution in [0, 0.1) is 0 Å². The average Bonchev–Trinajstić information content (AvgIpc) is 0.787. The molecule has 17 atom stereocenters. The van der Waals surface area contributed by atoms with Gasteiger partial charge in [-0.2, -0.15) is 0 Å². The van der Waals surface area contributed by atoms with Crippen molar-refractivity contribution in [2.45, 2.75) is 291 Å². The Bertz CT molecular complexity index is 2270. The molecule has 3 aliphatic rings. The third kappa shape index (κ3) is 35.8. The second kappa shape index (κ2) is 54.7. The first-order valence-electron chi connectivity index (χ1n) is 35.1. The molecule has 0 radical (unpaired) electrons. The minimum Gasteiger partial charge on any atom is -0.394 e. The number of ether oxygens (including phenoxy) is 6. The van der Waals surface area contributed by atoms with E-state index in [0.29, 0.717) is 12.8 Å². The summed E-state index contributed by atoms with van der Waals surface area (Å²) in [4.78, 5) is 13.4. The molecule has 0 spiro atoms. The lowest BCUT2D eigenvalue weighted by atomic mass is 9.96. The van der Waals surface area contributed by atoms with Crippen molar-refractivity contribution in [3.05, 3.63) is 146 Å². The highest BCUT2D eigenvalue weighted by atomic mass is 16.8. The Morgan fingerprint density at radius 1 is 0.394 bits per heavy atom. The van der Waals surface area contributed by atoms with Gasteiger partial charge in [-0.1, -0.05) is 211 Å². The molecule has 0 aromatic heterocycles. The quantitative estimate of drug-likeness (QED) is 0.0199. The minimum atomic E-state index is -1.99. The topological polar surface area (TPSA) is 307 Å². The Morgan fingerprint density at radius 2 is 0.745 bits per heavy atom. The Morgan fingerprint density at radius 3 is 1.19 bits per heavy atom. The molecule has 1 amide bonds. The second-order valence-corrected chi connectivity index (χ2v) is 24.2. The summed E-state index contributed by atoms with van der Waals surface area (Å²) < 4.78 is 34.3. The molecule has 0 saturated carbocycles. The summed E-state index contributed by atoms with van der Waals surface area (Å²) in [6.45, 7) is 1.53. The molecule has 3 aliphatic heterocycles. The molecule has 12 N–H and O–H groups in total. The molecule has 19 heteroatoms. The van der Waals surface area contributed by atoms with E-state index in [-0.39, 0.29) is 12.3 Å². The molecule has 17 unspecified atom stereocenters. The first-order valence-corrected chi connectivity index (χ1v) is 35.1. The number of aliphatic hydroxyl groups is 11. The monoisotopic (exact) mass is 1320 g/mol. The van der Waals surface area contributed by atoms with Crippen LogP contribution in [0.3, 0.4) is 0 Å². The van der Waals surface area contributed by atoms with Gasteiger partial charge >= 0.3 is 0 Å². The van der Waals surface area contributed by atoms with Crippen molar-refractivity contribution in [2.24, 2.45) is 0 Å². The van der Waals surface area contributed by atoms with Gasteiger partial charge in [0.05, 0.1) is 38.6 Å². The highest BCUT2D eigenvalue weighted by Crippen LogP contribution is 2.33. The van der Waals surface area contributed by atoms with Crippen molar-refractivity contribution in [3.63, 3.8) is 0 Å². The molecule has 534 valence electrons. The van der Waals surface area contributed by atoms with Crippen LogP contribution in [-0.4, -0.2) is 193 Å². The zero-order valence-corrected chi connectivity index (χ0v) is 56.4. The molecule has 3 saturated heterocycles. The van der Waals surface area contributed by atoms with Crippen LogP contribution in [0.1, 0.15) is 187 Å². The summed E-state index contributed by atoms with van der Waals surface area (Å²) in [5.74, 6) is -0.316. The number of aliphatic hydroxyl groups excluding tert-OH is 11. The van der Waals surface area contributed by atoms with Crippen molar-refractivity contribution in [2.75, 3.05) is 26.4 Å². The van der Waals surface area contributed by atoms with Crippen LogP contribution in [0.25, 0.3) is 0 Å². The van der Waals surface area contributed by atoms with E-state index in [2.05, 4.69) is 153 Å². The van der Waals surface area contributed by atoms with Crippen molar-refractivity contribution < 1.29 is 89.4 Å². The number of nitrogens with one attached hydrogen (secondary N) is 1. The fourth-order valence-electron chi connectivity index (χ4n) is 10.7. The SMILES string of the molecule is CC/C=C\C/C=C\C/C=C\C/C=C\C/C=C\C/C=C\C/C=C\C/C=C\C/C=C\CCCCCCCC(=O)NC(COC1OC(CO)C(OC2OC(CO)C(OC3OC(CO)C(O)C(O)C3O)C(O)C2O)C(O)C1O)C(O)/C=C/CC/C=C/CC/C=C/CCCCCCCC. The third-order valence-electron chi connectivity index (χ3n) is 16.3. The summed E-state index contributed by atoms with van der Waals surface area (Å²) in [7, 11) is 0. The molecule has 0 aromatic rings. The van der Waals surface area contributed by atoms with Gasteiger partial charge in [-0.3, -0.25) is 4.79 Å². The van der Waals surface area contributed by atoms with Gasteiger partial charge in [0.15, 0.2) is 18.9 Å². The standard InChI is InChI=1S/C75H121NO18/c1-3-5-7-9-11-13-15-17-19-21-22-23-24-25-26-27-28-29-30-31-32-33-34-35-36-37-39-41-43-45-47-49-51-53-63(81)76-58(59(80)52-50-48-46-44-42-40-38-20-18-16-14-12-10-8-6-4-2)57-89-73-69(87)66(84)71(61(55-78)91-73)94-75-70(88)67(85)72(62(56-79)92-75)93-74-68(86)65(83)64(82)60(54-77)90-74/h5,7,11,13,17-20,22-23,25-26,28-29,31-32,34-35,37,39,42,44,50,52,58-62,64-75,77-80,82-88H,3-4,6,8-10,12,14-16,21,24,27,30,33,36,38,40-41,43,45-49,51,53-57H2,1-2H3,(H,76,81)/b7-5-,13-11-,19-17-,20-18+,23-22-,26-25-,29-28-,32-31-,35-34-,39-37-,44-42+,52-50+. The Hall–Kier alpha value is -4.33. The molecule has 3 fully saturated rings. The van der Waals surface area contributed by atoms with Crippen LogP contribution in [0.4, 0.5) is 0 Å². The maximum Gasteiger partial charge on any atom is 0.220 e. The number of unbranched alkanes of at least 4 members (excludes halogenated alkanes) is 13. The zero-order valence-electron chi connectivity index (χ0n) is 56.4. The summed E-state index contributed by atoms with van der Waals surface area (Å²) in [6.07, 6.45) is 51.0. The fraction of sp³-hybridized carbons (Fsp3) is 0.667. The van der Waals surface area contributed by atoms with Crippen molar-refractivity contribution in [3.8, 4) is 0 Å². The van der Waals surface area contributed by atoms with E-state index in [4.69, 9.17) is 28.4 Å². The predicted octanol–water partition coefficient (Wildman–Crippen LogP) is 9.54. The maximum atomic E-state index is 13.4. The lowest BCUT2D eigenvalue weighted by Gasteiger charge is -2.48. The molecule has 0 aromatic carbocycles. The molecular weight excluding hydrogens is 1200 g/mol. The van der Waals surface area contributed by atoms with Crippen LogP contribution in [0.5, 0.6) is 0 Å². The number of amides is 1. The number of hydrogen-bond donors (Lipinski definition) is 12. The van der Waals surface area contributed by atoms with Gasteiger partial charge in [0.2, 0.25) is 5.91 Å². The molecule has 19 nitrogen and oxygen atoms in total. The lowest BCUT2D eigenvalue weighted by molar-refractivity contribution is -0.379. The summed E-state index contributed by atoms with van der Waals surface area (Å²) in [6, 6.07) is -1.02. The number of carbonyl (C=O) groups is 1. The van der Waals surface area contributed by atoms with Gasteiger partial charge in [0, 0.05) is 6.42 Å². The van der Waals surface area contributed by atoms with Crippen LogP contribution in [0.15, 0.2) is 146 Å². The molecule has 94 heavy (non-hydrogen) atoms. The summed E-state index contributed by atoms with van der Waals surface area (Å²) in [5, 5.41) is 120. The van der Waals surface area contributed by atoms with Gasteiger partial charge in [0.25, 0.3) is 0 Å². The Balaban J connectivity index is 1.43.